The summed E-state index contributed by atoms with van der Waals surface area (Å²) in [5.74, 6) is -0.0433. The first-order chi connectivity index (χ1) is 15.0. The van der Waals surface area contributed by atoms with Gasteiger partial charge in [-0.15, -0.1) is 0 Å². The maximum atomic E-state index is 12.9. The van der Waals surface area contributed by atoms with Gasteiger partial charge in [-0.05, 0) is 55.9 Å². The lowest BCUT2D eigenvalue weighted by atomic mass is 10.0. The number of carbonyl (C=O) groups is 3. The molecule has 3 aliphatic heterocycles. The van der Waals surface area contributed by atoms with Gasteiger partial charge in [-0.3, -0.25) is 24.6 Å². The van der Waals surface area contributed by atoms with Crippen molar-refractivity contribution in [2.24, 2.45) is 0 Å². The molecule has 166 valence electrons. The van der Waals surface area contributed by atoms with Crippen molar-refractivity contribution < 1.29 is 23.9 Å². The molecule has 1 saturated carbocycles. The normalized spacial score (nSPS) is 31.3. The Labute approximate surface area is 181 Å². The molecule has 0 spiro atoms. The standard InChI is InChI=1S/C23H29N3O5/c1-30-16-9-10-25(13-16)18-3-2-4-20(18)31-15-5-6-17-14(11-15)12-26(23(17)29)19-7-8-21(27)24-22(19)28/h5-6,11,16,18-20H,2-4,7-10,12-13H2,1H3,(H,24,27,28)/t16-,18-,19?,20-/m1/s1. The van der Waals surface area contributed by atoms with Crippen LogP contribution in [0, 0.1) is 0 Å². The molecule has 1 aliphatic carbocycles. The third kappa shape index (κ3) is 3.83. The summed E-state index contributed by atoms with van der Waals surface area (Å²) in [6.45, 7) is 2.37. The number of methoxy groups -OCH3 is 1. The van der Waals surface area contributed by atoms with Crippen LogP contribution in [0.4, 0.5) is 0 Å². The number of amides is 3. The minimum atomic E-state index is -0.593. The first-order valence-electron chi connectivity index (χ1n) is 11.2. The zero-order valence-corrected chi connectivity index (χ0v) is 17.8. The Morgan fingerprint density at radius 1 is 1.10 bits per heavy atom. The Morgan fingerprint density at radius 3 is 2.74 bits per heavy atom. The van der Waals surface area contributed by atoms with E-state index in [0.29, 0.717) is 30.7 Å². The van der Waals surface area contributed by atoms with Gasteiger partial charge in [0, 0.05) is 44.8 Å². The smallest absolute Gasteiger partial charge is 0.255 e. The van der Waals surface area contributed by atoms with Gasteiger partial charge in [0.2, 0.25) is 11.8 Å². The Bertz CT molecular complexity index is 903. The second-order valence-electron chi connectivity index (χ2n) is 9.01. The number of piperidine rings is 1. The van der Waals surface area contributed by atoms with Crippen LogP contribution in [-0.2, 0) is 20.9 Å². The van der Waals surface area contributed by atoms with Gasteiger partial charge in [-0.1, -0.05) is 0 Å². The van der Waals surface area contributed by atoms with Gasteiger partial charge in [0.1, 0.15) is 17.9 Å². The summed E-state index contributed by atoms with van der Waals surface area (Å²) in [4.78, 5) is 40.6. The predicted octanol–water partition coefficient (Wildman–Crippen LogP) is 1.47. The molecule has 8 nitrogen and oxygen atoms in total. The fourth-order valence-electron chi connectivity index (χ4n) is 5.51. The lowest BCUT2D eigenvalue weighted by Gasteiger charge is -2.30. The van der Waals surface area contributed by atoms with Crippen LogP contribution >= 0.6 is 0 Å². The van der Waals surface area contributed by atoms with Crippen molar-refractivity contribution in [2.75, 3.05) is 20.2 Å². The second kappa shape index (κ2) is 8.24. The van der Waals surface area contributed by atoms with Crippen LogP contribution in [0.25, 0.3) is 0 Å². The number of likely N-dealkylation sites (tertiary alicyclic amines) is 1. The van der Waals surface area contributed by atoms with Gasteiger partial charge in [0.25, 0.3) is 5.91 Å². The topological polar surface area (TPSA) is 88.2 Å². The van der Waals surface area contributed by atoms with E-state index < -0.39 is 6.04 Å². The number of nitrogens with one attached hydrogen (secondary N) is 1. The number of benzene rings is 1. The molecule has 0 radical (unpaired) electrons. The molecule has 1 N–H and O–H groups in total. The van der Waals surface area contributed by atoms with E-state index in [2.05, 4.69) is 10.2 Å². The summed E-state index contributed by atoms with van der Waals surface area (Å²) in [5.41, 5.74) is 1.49. The van der Waals surface area contributed by atoms with Crippen molar-refractivity contribution in [2.45, 2.75) is 69.4 Å². The number of carbonyl (C=O) groups excluding carboxylic acids is 3. The molecule has 1 aromatic rings. The van der Waals surface area contributed by atoms with Crippen LogP contribution < -0.4 is 10.1 Å². The highest BCUT2D eigenvalue weighted by molar-refractivity contribution is 6.05. The van der Waals surface area contributed by atoms with Crippen LogP contribution in [-0.4, -0.2) is 72.0 Å². The van der Waals surface area contributed by atoms with Crippen molar-refractivity contribution >= 4 is 17.7 Å². The summed E-state index contributed by atoms with van der Waals surface area (Å²) < 4.78 is 11.9. The van der Waals surface area contributed by atoms with Gasteiger partial charge in [-0.25, -0.2) is 0 Å². The highest BCUT2D eigenvalue weighted by Crippen LogP contribution is 2.34. The van der Waals surface area contributed by atoms with Crippen molar-refractivity contribution in [3.8, 4) is 5.75 Å². The van der Waals surface area contributed by atoms with E-state index in [0.717, 1.165) is 50.1 Å². The molecule has 4 atom stereocenters. The summed E-state index contributed by atoms with van der Waals surface area (Å²) >= 11 is 0. The number of fused-ring (bicyclic) bond motifs is 1. The largest absolute Gasteiger partial charge is 0.489 e. The Morgan fingerprint density at radius 2 is 1.97 bits per heavy atom. The van der Waals surface area contributed by atoms with Crippen molar-refractivity contribution in [1.29, 1.82) is 0 Å². The monoisotopic (exact) mass is 427 g/mol. The van der Waals surface area contributed by atoms with E-state index in [1.54, 1.807) is 18.1 Å². The minimum Gasteiger partial charge on any atom is -0.489 e. The van der Waals surface area contributed by atoms with Crippen LogP contribution in [0.2, 0.25) is 0 Å². The van der Waals surface area contributed by atoms with Gasteiger partial charge >= 0.3 is 0 Å². The third-order valence-corrected chi connectivity index (χ3v) is 7.18. The Kier molecular flexibility index (Phi) is 5.44. The molecule has 3 amide bonds. The molecule has 5 rings (SSSR count). The van der Waals surface area contributed by atoms with E-state index >= 15 is 0 Å². The highest BCUT2D eigenvalue weighted by atomic mass is 16.5. The first kappa shape index (κ1) is 20.5. The molecule has 1 aromatic carbocycles. The lowest BCUT2D eigenvalue weighted by Crippen LogP contribution is -2.52. The summed E-state index contributed by atoms with van der Waals surface area (Å²) in [7, 11) is 1.78. The molecule has 3 heterocycles. The van der Waals surface area contributed by atoms with Gasteiger partial charge < -0.3 is 14.4 Å². The van der Waals surface area contributed by atoms with Crippen molar-refractivity contribution in [3.63, 3.8) is 0 Å². The number of hydrogen-bond acceptors (Lipinski definition) is 6. The molecule has 31 heavy (non-hydrogen) atoms. The van der Waals surface area contributed by atoms with E-state index in [-0.39, 0.29) is 30.2 Å². The van der Waals surface area contributed by atoms with E-state index in [9.17, 15) is 14.4 Å². The highest BCUT2D eigenvalue weighted by Gasteiger charge is 2.40. The number of ether oxygens (including phenoxy) is 2. The summed E-state index contributed by atoms with van der Waals surface area (Å²) in [6.07, 6.45) is 5.45. The molecule has 1 unspecified atom stereocenters. The number of hydrogen-bond donors (Lipinski definition) is 1. The summed E-state index contributed by atoms with van der Waals surface area (Å²) in [6, 6.07) is 5.41. The van der Waals surface area contributed by atoms with Crippen LogP contribution in [0.15, 0.2) is 18.2 Å². The fraction of sp³-hybridized carbons (Fsp3) is 0.609. The van der Waals surface area contributed by atoms with Gasteiger partial charge in [0.15, 0.2) is 0 Å². The Balaban J connectivity index is 1.27. The molecule has 4 aliphatic rings. The van der Waals surface area contributed by atoms with Crippen LogP contribution in [0.5, 0.6) is 5.75 Å². The maximum Gasteiger partial charge on any atom is 0.255 e. The van der Waals surface area contributed by atoms with E-state index in [1.165, 1.54) is 0 Å². The summed E-state index contributed by atoms with van der Waals surface area (Å²) in [5, 5.41) is 2.34. The SMILES string of the molecule is CO[C@@H]1CCN([C@@H]2CCC[C@H]2Oc2ccc3c(c2)CN(C2CCC(=O)NC2=O)C3=O)C1. The van der Waals surface area contributed by atoms with Gasteiger partial charge in [-0.2, -0.15) is 0 Å². The number of rotatable bonds is 5. The number of nitrogens with zero attached hydrogens (tertiary/aromatic N) is 2. The first-order valence-corrected chi connectivity index (χ1v) is 11.2. The second-order valence-corrected chi connectivity index (χ2v) is 9.01. The third-order valence-electron chi connectivity index (χ3n) is 7.18. The lowest BCUT2D eigenvalue weighted by molar-refractivity contribution is -0.136. The van der Waals surface area contributed by atoms with Crippen LogP contribution in [0.3, 0.4) is 0 Å². The average molecular weight is 428 g/mol. The molecule has 2 saturated heterocycles. The van der Waals surface area contributed by atoms with Crippen molar-refractivity contribution in [3.05, 3.63) is 29.3 Å². The van der Waals surface area contributed by atoms with Crippen molar-refractivity contribution in [1.82, 2.24) is 15.1 Å². The zero-order chi connectivity index (χ0) is 21.5. The van der Waals surface area contributed by atoms with E-state index in [4.69, 9.17) is 9.47 Å². The fourth-order valence-corrected chi connectivity index (χ4v) is 5.51. The quantitative estimate of drug-likeness (QED) is 0.716. The van der Waals surface area contributed by atoms with Crippen LogP contribution in [0.1, 0.15) is 54.4 Å². The molecular weight excluding hydrogens is 398 g/mol. The zero-order valence-electron chi connectivity index (χ0n) is 17.8. The molecule has 0 bridgehead atoms. The predicted molar refractivity (Wildman–Crippen MR) is 112 cm³/mol. The Hall–Kier alpha value is -2.45. The molecule has 0 aromatic heterocycles. The maximum absolute atomic E-state index is 12.9. The molecule has 8 heteroatoms. The number of imide groups is 1. The minimum absolute atomic E-state index is 0.136. The average Bonchev–Trinajstić information content (AvgIpc) is 3.47. The molecule has 3 fully saturated rings. The van der Waals surface area contributed by atoms with Gasteiger partial charge in [0.05, 0.1) is 6.10 Å². The molecular formula is C23H29N3O5. The van der Waals surface area contributed by atoms with E-state index in [1.807, 2.05) is 12.1 Å².